The number of rotatable bonds is 6. The quantitative estimate of drug-likeness (QED) is 0.827. The van der Waals surface area contributed by atoms with Crippen LogP contribution in [0.3, 0.4) is 0 Å². The monoisotopic (exact) mass is 239 g/mol. The fourth-order valence-corrected chi connectivity index (χ4v) is 2.12. The minimum absolute atomic E-state index is 0.00674. The van der Waals surface area contributed by atoms with Crippen molar-refractivity contribution in [3.63, 3.8) is 0 Å². The van der Waals surface area contributed by atoms with E-state index in [9.17, 15) is 4.39 Å². The largest absolute Gasteiger partial charge is 0.494 e. The number of halogens is 1. The Morgan fingerprint density at radius 3 is 2.41 bits per heavy atom. The molecular weight excluding hydrogens is 217 g/mol. The molecule has 0 spiro atoms. The molecule has 0 aliphatic rings. The summed E-state index contributed by atoms with van der Waals surface area (Å²) in [6.45, 7) is 4.79. The van der Waals surface area contributed by atoms with Gasteiger partial charge in [0.25, 0.3) is 0 Å². The van der Waals surface area contributed by atoms with Crippen molar-refractivity contribution in [3.8, 4) is 5.75 Å². The molecule has 3 heteroatoms. The van der Waals surface area contributed by atoms with Gasteiger partial charge in [0.2, 0.25) is 0 Å². The second kappa shape index (κ2) is 6.01. The van der Waals surface area contributed by atoms with Gasteiger partial charge in [0.05, 0.1) is 7.11 Å². The van der Waals surface area contributed by atoms with Crippen LogP contribution >= 0.6 is 0 Å². The Morgan fingerprint density at radius 2 is 1.94 bits per heavy atom. The molecule has 0 aliphatic heterocycles. The van der Waals surface area contributed by atoms with E-state index in [1.165, 1.54) is 7.11 Å². The first kappa shape index (κ1) is 14.0. The third-order valence-electron chi connectivity index (χ3n) is 3.76. The Morgan fingerprint density at radius 1 is 1.29 bits per heavy atom. The number of methoxy groups -OCH3 is 1. The lowest BCUT2D eigenvalue weighted by molar-refractivity contribution is 0.266. The van der Waals surface area contributed by atoms with Crippen LogP contribution in [0.4, 0.5) is 4.39 Å². The molecule has 0 aromatic heterocycles. The van der Waals surface area contributed by atoms with E-state index in [0.717, 1.165) is 12.8 Å². The highest BCUT2D eigenvalue weighted by Crippen LogP contribution is 2.32. The lowest BCUT2D eigenvalue weighted by atomic mass is 9.77. The van der Waals surface area contributed by atoms with Gasteiger partial charge in [-0.3, -0.25) is 0 Å². The molecule has 1 rings (SSSR count). The van der Waals surface area contributed by atoms with E-state index in [4.69, 9.17) is 10.5 Å². The van der Waals surface area contributed by atoms with Crippen molar-refractivity contribution in [2.24, 2.45) is 11.1 Å². The zero-order valence-electron chi connectivity index (χ0n) is 10.9. The average molecular weight is 239 g/mol. The second-order valence-corrected chi connectivity index (χ2v) is 4.52. The molecule has 96 valence electrons. The summed E-state index contributed by atoms with van der Waals surface area (Å²) < 4.78 is 19.0. The first-order chi connectivity index (χ1) is 8.12. The van der Waals surface area contributed by atoms with Crippen molar-refractivity contribution >= 4 is 0 Å². The third kappa shape index (κ3) is 2.97. The molecule has 2 N–H and O–H groups in total. The van der Waals surface area contributed by atoms with Gasteiger partial charge in [-0.1, -0.05) is 26.0 Å². The fraction of sp³-hybridized carbons (Fsp3) is 0.571. The second-order valence-electron chi connectivity index (χ2n) is 4.52. The van der Waals surface area contributed by atoms with Crippen molar-refractivity contribution in [1.29, 1.82) is 0 Å². The zero-order valence-corrected chi connectivity index (χ0v) is 10.9. The van der Waals surface area contributed by atoms with Gasteiger partial charge in [0.15, 0.2) is 11.6 Å². The Labute approximate surface area is 103 Å². The van der Waals surface area contributed by atoms with Crippen LogP contribution in [0.15, 0.2) is 18.2 Å². The summed E-state index contributed by atoms with van der Waals surface area (Å²) in [5, 5.41) is 0. The van der Waals surface area contributed by atoms with E-state index in [-0.39, 0.29) is 11.2 Å². The summed E-state index contributed by atoms with van der Waals surface area (Å²) >= 11 is 0. The van der Waals surface area contributed by atoms with E-state index in [0.29, 0.717) is 24.3 Å². The molecule has 0 saturated carbocycles. The van der Waals surface area contributed by atoms with Gasteiger partial charge in [-0.25, -0.2) is 4.39 Å². The zero-order chi connectivity index (χ0) is 12.9. The summed E-state index contributed by atoms with van der Waals surface area (Å²) in [5.74, 6) is 0.0513. The molecule has 1 aromatic carbocycles. The first-order valence-corrected chi connectivity index (χ1v) is 6.14. The lowest BCUT2D eigenvalue weighted by Gasteiger charge is -2.30. The van der Waals surface area contributed by atoms with Crippen LogP contribution in [-0.4, -0.2) is 13.7 Å². The molecule has 0 unspecified atom stereocenters. The van der Waals surface area contributed by atoms with Crippen LogP contribution in [0.25, 0.3) is 0 Å². The molecule has 0 aliphatic carbocycles. The molecule has 0 amide bonds. The number of nitrogens with two attached hydrogens (primary N) is 1. The van der Waals surface area contributed by atoms with Crippen molar-refractivity contribution in [3.05, 3.63) is 29.6 Å². The Bertz CT molecular complexity index is 353. The number of hydrogen-bond acceptors (Lipinski definition) is 2. The van der Waals surface area contributed by atoms with Crippen LogP contribution in [0.2, 0.25) is 0 Å². The van der Waals surface area contributed by atoms with Gasteiger partial charge in [0, 0.05) is 0 Å². The van der Waals surface area contributed by atoms with Crippen LogP contribution in [0, 0.1) is 11.2 Å². The molecule has 0 atom stereocenters. The summed E-state index contributed by atoms with van der Waals surface area (Å²) in [7, 11) is 1.48. The predicted octanol–water partition coefficient (Wildman–Crippen LogP) is 3.14. The van der Waals surface area contributed by atoms with Crippen LogP contribution in [0.5, 0.6) is 5.75 Å². The lowest BCUT2D eigenvalue weighted by Crippen LogP contribution is -2.31. The molecule has 0 fully saturated rings. The van der Waals surface area contributed by atoms with Gasteiger partial charge < -0.3 is 10.5 Å². The van der Waals surface area contributed by atoms with Crippen molar-refractivity contribution in [2.45, 2.75) is 33.1 Å². The Kier molecular flexibility index (Phi) is 4.94. The van der Waals surface area contributed by atoms with Crippen LogP contribution in [-0.2, 0) is 6.42 Å². The van der Waals surface area contributed by atoms with Gasteiger partial charge in [-0.2, -0.15) is 0 Å². The topological polar surface area (TPSA) is 35.2 Å². The maximum Gasteiger partial charge on any atom is 0.168 e. The average Bonchev–Trinajstić information content (AvgIpc) is 2.38. The minimum Gasteiger partial charge on any atom is -0.494 e. The molecule has 2 nitrogen and oxygen atoms in total. The normalized spacial score (nSPS) is 11.6. The molecular formula is C14H22FNO. The predicted molar refractivity (Wildman–Crippen MR) is 68.7 cm³/mol. The Balaban J connectivity index is 3.01. The molecule has 0 heterocycles. The highest BCUT2D eigenvalue weighted by Gasteiger charge is 2.26. The maximum atomic E-state index is 14.0. The summed E-state index contributed by atoms with van der Waals surface area (Å²) in [5.41, 5.74) is 6.53. The molecule has 17 heavy (non-hydrogen) atoms. The highest BCUT2D eigenvalue weighted by molar-refractivity contribution is 5.31. The fourth-order valence-electron chi connectivity index (χ4n) is 2.12. The SMILES string of the molecule is CCC(CC)(CN)Cc1cccc(OC)c1F. The van der Waals surface area contributed by atoms with Gasteiger partial charge in [-0.15, -0.1) is 0 Å². The Hall–Kier alpha value is -1.09. The summed E-state index contributed by atoms with van der Waals surface area (Å²) in [6, 6.07) is 5.28. The van der Waals surface area contributed by atoms with Crippen molar-refractivity contribution < 1.29 is 9.13 Å². The van der Waals surface area contributed by atoms with E-state index >= 15 is 0 Å². The van der Waals surface area contributed by atoms with Gasteiger partial charge in [-0.05, 0) is 42.9 Å². The van der Waals surface area contributed by atoms with Gasteiger partial charge >= 0.3 is 0 Å². The molecule has 0 saturated heterocycles. The summed E-state index contributed by atoms with van der Waals surface area (Å²) in [6.07, 6.45) is 2.58. The van der Waals surface area contributed by atoms with Crippen LogP contribution < -0.4 is 10.5 Å². The third-order valence-corrected chi connectivity index (χ3v) is 3.76. The minimum atomic E-state index is -0.255. The van der Waals surface area contributed by atoms with Gasteiger partial charge in [0.1, 0.15) is 0 Å². The molecule has 1 aromatic rings. The summed E-state index contributed by atoms with van der Waals surface area (Å²) in [4.78, 5) is 0. The van der Waals surface area contributed by atoms with E-state index < -0.39 is 0 Å². The smallest absolute Gasteiger partial charge is 0.168 e. The highest BCUT2D eigenvalue weighted by atomic mass is 19.1. The van der Waals surface area contributed by atoms with E-state index in [1.807, 2.05) is 12.1 Å². The van der Waals surface area contributed by atoms with Crippen molar-refractivity contribution in [1.82, 2.24) is 0 Å². The number of benzene rings is 1. The van der Waals surface area contributed by atoms with Crippen LogP contribution in [0.1, 0.15) is 32.3 Å². The van der Waals surface area contributed by atoms with E-state index in [2.05, 4.69) is 13.8 Å². The molecule has 0 radical (unpaired) electrons. The first-order valence-electron chi connectivity index (χ1n) is 6.14. The van der Waals surface area contributed by atoms with E-state index in [1.54, 1.807) is 6.07 Å². The number of hydrogen-bond donors (Lipinski definition) is 1. The molecule has 0 bridgehead atoms. The standard InChI is InChI=1S/C14H22FNO/c1-4-14(5-2,10-16)9-11-7-6-8-12(17-3)13(11)15/h6-8H,4-5,9-10,16H2,1-3H3. The number of ether oxygens (including phenoxy) is 1. The van der Waals surface area contributed by atoms with Crippen molar-refractivity contribution in [2.75, 3.05) is 13.7 Å². The maximum absolute atomic E-state index is 14.0.